The van der Waals surface area contributed by atoms with Crippen molar-refractivity contribution in [2.75, 3.05) is 23.9 Å². The molecule has 1 aliphatic rings. The van der Waals surface area contributed by atoms with Crippen molar-refractivity contribution in [3.63, 3.8) is 0 Å². The molecular formula is C16H22N2O3. The smallest absolute Gasteiger partial charge is 0.227 e. The van der Waals surface area contributed by atoms with Crippen LogP contribution < -0.4 is 15.0 Å². The number of anilines is 2. The van der Waals surface area contributed by atoms with E-state index in [1.165, 1.54) is 0 Å². The fraction of sp³-hybridized carbons (Fsp3) is 0.500. The molecule has 0 bridgehead atoms. The van der Waals surface area contributed by atoms with Crippen molar-refractivity contribution in [2.24, 2.45) is 5.92 Å². The van der Waals surface area contributed by atoms with Gasteiger partial charge < -0.3 is 15.0 Å². The molecule has 21 heavy (non-hydrogen) atoms. The van der Waals surface area contributed by atoms with E-state index >= 15 is 0 Å². The molecule has 1 atom stereocenters. The summed E-state index contributed by atoms with van der Waals surface area (Å²) in [6, 6.07) is 5.40. The van der Waals surface area contributed by atoms with Gasteiger partial charge in [-0.25, -0.2) is 0 Å². The average molecular weight is 290 g/mol. The number of carbonyl (C=O) groups is 2. The van der Waals surface area contributed by atoms with E-state index in [0.29, 0.717) is 24.4 Å². The number of nitrogens with zero attached hydrogens (tertiary/aromatic N) is 1. The molecule has 0 radical (unpaired) electrons. The van der Waals surface area contributed by atoms with Crippen molar-refractivity contribution in [1.82, 2.24) is 0 Å². The van der Waals surface area contributed by atoms with Gasteiger partial charge in [0, 0.05) is 30.6 Å². The van der Waals surface area contributed by atoms with Crippen molar-refractivity contribution in [1.29, 1.82) is 0 Å². The molecule has 5 nitrogen and oxygen atoms in total. The van der Waals surface area contributed by atoms with Gasteiger partial charge in [0.2, 0.25) is 11.8 Å². The monoisotopic (exact) mass is 290 g/mol. The lowest BCUT2D eigenvalue weighted by molar-refractivity contribution is -0.119. The Morgan fingerprint density at radius 1 is 1.48 bits per heavy atom. The average Bonchev–Trinajstić information content (AvgIpc) is 2.92. The SMILES string of the molecule is CCC(C)C(=O)Nc1ccc(N2CCCC2=O)c(OC)c1. The molecule has 0 aromatic heterocycles. The predicted molar refractivity (Wildman–Crippen MR) is 82.7 cm³/mol. The summed E-state index contributed by atoms with van der Waals surface area (Å²) in [4.78, 5) is 25.5. The van der Waals surface area contributed by atoms with E-state index in [4.69, 9.17) is 4.74 Å². The van der Waals surface area contributed by atoms with Crippen LogP contribution in [0.4, 0.5) is 11.4 Å². The minimum atomic E-state index is -0.0316. The lowest BCUT2D eigenvalue weighted by Gasteiger charge is -2.20. The second-order valence-electron chi connectivity index (χ2n) is 5.33. The molecule has 114 valence electrons. The lowest BCUT2D eigenvalue weighted by atomic mass is 10.1. The second-order valence-corrected chi connectivity index (χ2v) is 5.33. The Balaban J connectivity index is 2.20. The molecule has 1 fully saturated rings. The molecule has 1 aromatic carbocycles. The van der Waals surface area contributed by atoms with Crippen LogP contribution in [0.25, 0.3) is 0 Å². The molecule has 1 saturated heterocycles. The summed E-state index contributed by atoms with van der Waals surface area (Å²) in [5.41, 5.74) is 1.45. The third-order valence-electron chi connectivity index (χ3n) is 3.87. The maximum Gasteiger partial charge on any atom is 0.227 e. The zero-order valence-corrected chi connectivity index (χ0v) is 12.8. The van der Waals surface area contributed by atoms with Gasteiger partial charge in [0.15, 0.2) is 0 Å². The van der Waals surface area contributed by atoms with E-state index in [2.05, 4.69) is 5.32 Å². The summed E-state index contributed by atoms with van der Waals surface area (Å²) in [7, 11) is 1.57. The largest absolute Gasteiger partial charge is 0.494 e. The Morgan fingerprint density at radius 3 is 2.81 bits per heavy atom. The van der Waals surface area contributed by atoms with Crippen LogP contribution in [-0.4, -0.2) is 25.5 Å². The van der Waals surface area contributed by atoms with Gasteiger partial charge in [0.25, 0.3) is 0 Å². The molecule has 1 aliphatic heterocycles. The van der Waals surface area contributed by atoms with Gasteiger partial charge in [-0.1, -0.05) is 13.8 Å². The number of hydrogen-bond donors (Lipinski definition) is 1. The Bertz CT molecular complexity index is 542. The highest BCUT2D eigenvalue weighted by molar-refractivity contribution is 5.98. The second kappa shape index (κ2) is 6.61. The van der Waals surface area contributed by atoms with E-state index in [1.807, 2.05) is 26.0 Å². The van der Waals surface area contributed by atoms with Gasteiger partial charge in [-0.15, -0.1) is 0 Å². The van der Waals surface area contributed by atoms with Crippen molar-refractivity contribution < 1.29 is 14.3 Å². The highest BCUT2D eigenvalue weighted by Crippen LogP contribution is 2.33. The maximum atomic E-state index is 11.9. The van der Waals surface area contributed by atoms with Gasteiger partial charge in [0.05, 0.1) is 12.8 Å². The molecule has 0 spiro atoms. The van der Waals surface area contributed by atoms with Gasteiger partial charge in [-0.3, -0.25) is 9.59 Å². The zero-order chi connectivity index (χ0) is 15.4. The highest BCUT2D eigenvalue weighted by atomic mass is 16.5. The van der Waals surface area contributed by atoms with E-state index < -0.39 is 0 Å². The van der Waals surface area contributed by atoms with Crippen LogP contribution in [-0.2, 0) is 9.59 Å². The van der Waals surface area contributed by atoms with Gasteiger partial charge in [-0.05, 0) is 25.0 Å². The predicted octanol–water partition coefficient (Wildman–Crippen LogP) is 2.81. The molecule has 0 aliphatic carbocycles. The van der Waals surface area contributed by atoms with Crippen LogP contribution >= 0.6 is 0 Å². The quantitative estimate of drug-likeness (QED) is 0.907. The summed E-state index contributed by atoms with van der Waals surface area (Å²) < 4.78 is 5.37. The van der Waals surface area contributed by atoms with Crippen molar-refractivity contribution in [3.8, 4) is 5.75 Å². The van der Waals surface area contributed by atoms with Gasteiger partial charge >= 0.3 is 0 Å². The first-order valence-electron chi connectivity index (χ1n) is 7.36. The number of methoxy groups -OCH3 is 1. The summed E-state index contributed by atoms with van der Waals surface area (Å²) in [6.45, 7) is 4.59. The Morgan fingerprint density at radius 2 is 2.24 bits per heavy atom. The Labute approximate surface area is 125 Å². The first-order valence-corrected chi connectivity index (χ1v) is 7.36. The van der Waals surface area contributed by atoms with Crippen LogP contribution in [0, 0.1) is 5.92 Å². The number of hydrogen-bond acceptors (Lipinski definition) is 3. The molecule has 0 saturated carbocycles. The third kappa shape index (κ3) is 3.35. The number of ether oxygens (including phenoxy) is 1. The van der Waals surface area contributed by atoms with Gasteiger partial charge in [0.1, 0.15) is 5.75 Å². The van der Waals surface area contributed by atoms with Crippen LogP contribution in [0.15, 0.2) is 18.2 Å². The molecule has 2 rings (SSSR count). The van der Waals surface area contributed by atoms with Crippen LogP contribution in [0.2, 0.25) is 0 Å². The number of carbonyl (C=O) groups excluding carboxylic acids is 2. The van der Waals surface area contributed by atoms with Crippen LogP contribution in [0.1, 0.15) is 33.1 Å². The topological polar surface area (TPSA) is 58.6 Å². The zero-order valence-electron chi connectivity index (χ0n) is 12.8. The van der Waals surface area contributed by atoms with Crippen molar-refractivity contribution >= 4 is 23.2 Å². The Hall–Kier alpha value is -2.04. The van der Waals surface area contributed by atoms with Crippen LogP contribution in [0.5, 0.6) is 5.75 Å². The molecule has 1 N–H and O–H groups in total. The summed E-state index contributed by atoms with van der Waals surface area (Å²) in [5, 5.41) is 2.87. The molecule has 1 unspecified atom stereocenters. The fourth-order valence-electron chi connectivity index (χ4n) is 2.33. The standard InChI is InChI=1S/C16H22N2O3/c1-4-11(2)16(20)17-12-7-8-13(14(10-12)21-3)18-9-5-6-15(18)19/h7-8,10-11H,4-6,9H2,1-3H3,(H,17,20). The number of nitrogens with one attached hydrogen (secondary N) is 1. The maximum absolute atomic E-state index is 11.9. The summed E-state index contributed by atoms with van der Waals surface area (Å²) in [5.74, 6) is 0.678. The molecule has 5 heteroatoms. The highest BCUT2D eigenvalue weighted by Gasteiger charge is 2.24. The number of rotatable bonds is 5. The van der Waals surface area contributed by atoms with Crippen molar-refractivity contribution in [2.45, 2.75) is 33.1 Å². The first-order chi connectivity index (χ1) is 10.1. The minimum absolute atomic E-state index is 0.00967. The lowest BCUT2D eigenvalue weighted by Crippen LogP contribution is -2.24. The molecular weight excluding hydrogens is 268 g/mol. The number of benzene rings is 1. The third-order valence-corrected chi connectivity index (χ3v) is 3.87. The van der Waals surface area contributed by atoms with E-state index in [1.54, 1.807) is 18.1 Å². The molecule has 1 heterocycles. The molecule has 1 aromatic rings. The van der Waals surface area contributed by atoms with Crippen LogP contribution in [0.3, 0.4) is 0 Å². The molecule has 2 amide bonds. The number of amides is 2. The van der Waals surface area contributed by atoms with E-state index in [-0.39, 0.29) is 17.7 Å². The first kappa shape index (κ1) is 15.4. The van der Waals surface area contributed by atoms with E-state index in [9.17, 15) is 9.59 Å². The van der Waals surface area contributed by atoms with Crippen molar-refractivity contribution in [3.05, 3.63) is 18.2 Å². The van der Waals surface area contributed by atoms with Gasteiger partial charge in [-0.2, -0.15) is 0 Å². The Kier molecular flexibility index (Phi) is 4.83. The fourth-order valence-corrected chi connectivity index (χ4v) is 2.33. The minimum Gasteiger partial charge on any atom is -0.494 e. The van der Waals surface area contributed by atoms with E-state index in [0.717, 1.165) is 18.5 Å². The summed E-state index contributed by atoms with van der Waals surface area (Å²) >= 11 is 0. The summed E-state index contributed by atoms with van der Waals surface area (Å²) in [6.07, 6.45) is 2.24. The normalized spacial score (nSPS) is 16.0.